The lowest BCUT2D eigenvalue weighted by molar-refractivity contribution is -0.148. The largest absolute Gasteiger partial charge is 0.420 e. The molecule has 0 aliphatic rings. The molecule has 0 heterocycles. The maximum absolute atomic E-state index is 12.4. The Morgan fingerprint density at radius 3 is 2.21 bits per heavy atom. The third-order valence-corrected chi connectivity index (χ3v) is 3.25. The van der Waals surface area contributed by atoms with E-state index in [1.54, 1.807) is 18.2 Å². The number of alkyl halides is 3. The Morgan fingerprint density at radius 2 is 1.79 bits per heavy atom. The topological polar surface area (TPSA) is 86.6 Å². The van der Waals surface area contributed by atoms with Crippen LogP contribution >= 0.6 is 7.60 Å². The van der Waals surface area contributed by atoms with E-state index in [0.29, 0.717) is 5.56 Å². The van der Waals surface area contributed by atoms with E-state index in [1.165, 1.54) is 17.4 Å². The third kappa shape index (κ3) is 5.02. The molecule has 0 fully saturated rings. The van der Waals surface area contributed by atoms with Gasteiger partial charge in [-0.3, -0.25) is 9.36 Å². The summed E-state index contributed by atoms with van der Waals surface area (Å²) in [5.41, 5.74) is 0.437. The molecule has 0 spiro atoms. The maximum Gasteiger partial charge on any atom is 0.420 e. The molecular formula is C10H11F3NO4P. The van der Waals surface area contributed by atoms with Crippen LogP contribution in [0.25, 0.3) is 0 Å². The molecule has 1 amide bonds. The van der Waals surface area contributed by atoms with Gasteiger partial charge in [-0.25, -0.2) is 0 Å². The highest BCUT2D eigenvalue weighted by Crippen LogP contribution is 2.47. The smallest absolute Gasteiger partial charge is 0.334 e. The van der Waals surface area contributed by atoms with Crippen molar-refractivity contribution in [1.29, 1.82) is 0 Å². The molecule has 0 aliphatic heterocycles. The van der Waals surface area contributed by atoms with Gasteiger partial charge in [0.15, 0.2) is 0 Å². The van der Waals surface area contributed by atoms with E-state index in [9.17, 15) is 22.5 Å². The third-order valence-electron chi connectivity index (χ3n) is 2.15. The fourth-order valence-corrected chi connectivity index (χ4v) is 2.03. The molecule has 0 unspecified atom stereocenters. The molecule has 1 atom stereocenters. The van der Waals surface area contributed by atoms with Gasteiger partial charge >= 0.3 is 13.8 Å². The molecule has 0 aromatic heterocycles. The number of rotatable bonds is 4. The summed E-state index contributed by atoms with van der Waals surface area (Å²) in [5.74, 6) is -4.30. The number of carbonyl (C=O) groups is 1. The summed E-state index contributed by atoms with van der Waals surface area (Å²) < 4.78 is 48.0. The monoisotopic (exact) mass is 297 g/mol. The van der Waals surface area contributed by atoms with Crippen LogP contribution in [0.2, 0.25) is 0 Å². The van der Waals surface area contributed by atoms with Gasteiger partial charge in [-0.15, -0.1) is 0 Å². The minimum Gasteiger partial charge on any atom is -0.334 e. The van der Waals surface area contributed by atoms with Gasteiger partial charge < -0.3 is 15.1 Å². The SMILES string of the molecule is O=C(Cc1ccccc1)N[C@H](C(F)(F)F)P(=O)(O)O. The van der Waals surface area contributed by atoms with Crippen LogP contribution in [-0.4, -0.2) is 27.7 Å². The zero-order valence-corrected chi connectivity index (χ0v) is 10.4. The first kappa shape index (κ1) is 15.7. The van der Waals surface area contributed by atoms with E-state index < -0.39 is 31.9 Å². The van der Waals surface area contributed by atoms with Gasteiger partial charge in [0.05, 0.1) is 6.42 Å². The summed E-state index contributed by atoms with van der Waals surface area (Å²) in [6.07, 6.45) is -5.61. The van der Waals surface area contributed by atoms with Gasteiger partial charge in [-0.05, 0) is 5.56 Å². The summed E-state index contributed by atoms with van der Waals surface area (Å²) in [5, 5.41) is 1.32. The fraction of sp³-hybridized carbons (Fsp3) is 0.300. The van der Waals surface area contributed by atoms with E-state index in [0.717, 1.165) is 0 Å². The van der Waals surface area contributed by atoms with E-state index in [4.69, 9.17) is 9.79 Å². The average Bonchev–Trinajstić information content (AvgIpc) is 2.24. The molecule has 5 nitrogen and oxygen atoms in total. The second kappa shape index (κ2) is 5.73. The predicted octanol–water partition coefficient (Wildman–Crippen LogP) is 1.41. The minimum atomic E-state index is -5.51. The lowest BCUT2D eigenvalue weighted by atomic mass is 10.1. The van der Waals surface area contributed by atoms with Crippen molar-refractivity contribution in [2.24, 2.45) is 0 Å². The number of carbonyl (C=O) groups excluding carboxylic acids is 1. The standard InChI is InChI=1S/C10H11F3NO4P/c11-10(12,13)9(19(16,17)18)14-8(15)6-7-4-2-1-3-5-7/h1-5,9H,6H2,(H,14,15)(H2,16,17,18)/t9-/m0/s1. The molecule has 1 rings (SSSR count). The molecule has 0 saturated carbocycles. The number of hydrogen-bond acceptors (Lipinski definition) is 2. The van der Waals surface area contributed by atoms with Gasteiger partial charge in [0.1, 0.15) is 0 Å². The fourth-order valence-electron chi connectivity index (χ4n) is 1.34. The number of hydrogen-bond donors (Lipinski definition) is 3. The lowest BCUT2D eigenvalue weighted by Crippen LogP contribution is -2.45. The van der Waals surface area contributed by atoms with Crippen molar-refractivity contribution < 1.29 is 32.3 Å². The molecule has 0 bridgehead atoms. The Kier molecular flexibility index (Phi) is 4.73. The molecule has 9 heteroatoms. The van der Waals surface area contributed by atoms with Crippen LogP contribution < -0.4 is 5.32 Å². The molecule has 0 radical (unpaired) electrons. The van der Waals surface area contributed by atoms with E-state index in [2.05, 4.69) is 0 Å². The zero-order valence-electron chi connectivity index (χ0n) is 9.46. The second-order valence-electron chi connectivity index (χ2n) is 3.76. The maximum atomic E-state index is 12.4. The Bertz CT molecular complexity index is 485. The molecule has 0 aliphatic carbocycles. The van der Waals surface area contributed by atoms with Crippen molar-refractivity contribution in [3.05, 3.63) is 35.9 Å². The molecule has 19 heavy (non-hydrogen) atoms. The highest BCUT2D eigenvalue weighted by atomic mass is 31.2. The van der Waals surface area contributed by atoms with Crippen LogP contribution in [0.3, 0.4) is 0 Å². The highest BCUT2D eigenvalue weighted by molar-refractivity contribution is 7.52. The Hall–Kier alpha value is -1.37. The number of halogens is 3. The molecule has 0 saturated heterocycles. The lowest BCUT2D eigenvalue weighted by Gasteiger charge is -2.22. The van der Waals surface area contributed by atoms with Crippen LogP contribution in [0.1, 0.15) is 5.56 Å². The highest BCUT2D eigenvalue weighted by Gasteiger charge is 2.51. The molecule has 106 valence electrons. The number of nitrogens with one attached hydrogen (secondary N) is 1. The van der Waals surface area contributed by atoms with Crippen LogP contribution in [-0.2, 0) is 15.8 Å². The summed E-state index contributed by atoms with van der Waals surface area (Å²) >= 11 is 0. The second-order valence-corrected chi connectivity index (χ2v) is 5.46. The molecule has 3 N–H and O–H groups in total. The van der Waals surface area contributed by atoms with E-state index >= 15 is 0 Å². The first-order chi connectivity index (χ1) is 8.60. The normalized spacial score (nSPS) is 13.9. The van der Waals surface area contributed by atoms with Crippen molar-refractivity contribution in [3.63, 3.8) is 0 Å². The summed E-state index contributed by atoms with van der Waals surface area (Å²) in [6, 6.07) is 7.87. The molecule has 1 aromatic rings. The molecular weight excluding hydrogens is 286 g/mol. The van der Waals surface area contributed by atoms with Crippen molar-refractivity contribution in [3.8, 4) is 0 Å². The Balaban J connectivity index is 2.76. The number of benzene rings is 1. The summed E-state index contributed by atoms with van der Waals surface area (Å²) in [4.78, 5) is 28.6. The zero-order chi connectivity index (χ0) is 14.7. The van der Waals surface area contributed by atoms with Gasteiger partial charge in [0.2, 0.25) is 11.7 Å². The summed E-state index contributed by atoms with van der Waals surface area (Å²) in [6.45, 7) is 0. The Labute approximate surface area is 106 Å². The van der Waals surface area contributed by atoms with Crippen LogP contribution in [0.4, 0.5) is 13.2 Å². The van der Waals surface area contributed by atoms with Crippen LogP contribution in [0, 0.1) is 0 Å². The van der Waals surface area contributed by atoms with Gasteiger partial charge in [0, 0.05) is 0 Å². The van der Waals surface area contributed by atoms with E-state index in [-0.39, 0.29) is 0 Å². The van der Waals surface area contributed by atoms with Crippen molar-refractivity contribution in [2.45, 2.75) is 18.4 Å². The first-order valence-electron chi connectivity index (χ1n) is 5.06. The number of amides is 1. The van der Waals surface area contributed by atoms with Crippen molar-refractivity contribution in [2.75, 3.05) is 0 Å². The van der Waals surface area contributed by atoms with Crippen molar-refractivity contribution in [1.82, 2.24) is 5.32 Å². The van der Waals surface area contributed by atoms with E-state index in [1.807, 2.05) is 0 Å². The van der Waals surface area contributed by atoms with Gasteiger partial charge in [-0.2, -0.15) is 13.2 Å². The Morgan fingerprint density at radius 1 is 1.26 bits per heavy atom. The van der Waals surface area contributed by atoms with Gasteiger partial charge in [-0.1, -0.05) is 30.3 Å². The summed E-state index contributed by atoms with van der Waals surface area (Å²) in [7, 11) is -5.51. The molecule has 1 aromatic carbocycles. The predicted molar refractivity (Wildman–Crippen MR) is 60.2 cm³/mol. The average molecular weight is 297 g/mol. The minimum absolute atomic E-state index is 0.395. The van der Waals surface area contributed by atoms with Crippen LogP contribution in [0.5, 0.6) is 0 Å². The van der Waals surface area contributed by atoms with Gasteiger partial charge in [0.25, 0.3) is 0 Å². The first-order valence-corrected chi connectivity index (χ1v) is 6.74. The van der Waals surface area contributed by atoms with Crippen LogP contribution in [0.15, 0.2) is 30.3 Å². The quantitative estimate of drug-likeness (QED) is 0.733. The van der Waals surface area contributed by atoms with Crippen molar-refractivity contribution >= 4 is 13.5 Å².